The third-order valence-corrected chi connectivity index (χ3v) is 3.26. The number of hydrazine groups is 1. The summed E-state index contributed by atoms with van der Waals surface area (Å²) in [4.78, 5) is 0. The standard InChI is InChI=1S/C14H24N2/c1-10-6-7-12(8-11(10)2)9-13(16-15)14(3,4)5/h6-8,13,16H,9,15H2,1-5H3. The molecule has 0 aromatic heterocycles. The molecule has 1 aromatic carbocycles. The highest BCUT2D eigenvalue weighted by Crippen LogP contribution is 2.22. The Bertz CT molecular complexity index is 350. The van der Waals surface area contributed by atoms with Gasteiger partial charge in [0.1, 0.15) is 0 Å². The summed E-state index contributed by atoms with van der Waals surface area (Å²) in [5, 5.41) is 0. The molecule has 1 rings (SSSR count). The molecule has 1 aromatic rings. The molecule has 3 N–H and O–H groups in total. The van der Waals surface area contributed by atoms with E-state index < -0.39 is 0 Å². The average Bonchev–Trinajstić information content (AvgIpc) is 2.18. The molecule has 0 heterocycles. The SMILES string of the molecule is Cc1ccc(CC(NN)C(C)(C)C)cc1C. The molecule has 2 nitrogen and oxygen atoms in total. The van der Waals surface area contributed by atoms with Crippen LogP contribution in [0.15, 0.2) is 18.2 Å². The molecule has 1 unspecified atom stereocenters. The Balaban J connectivity index is 2.83. The summed E-state index contributed by atoms with van der Waals surface area (Å²) in [6, 6.07) is 6.93. The maximum absolute atomic E-state index is 5.62. The predicted molar refractivity (Wildman–Crippen MR) is 70.2 cm³/mol. The van der Waals surface area contributed by atoms with E-state index in [-0.39, 0.29) is 5.41 Å². The van der Waals surface area contributed by atoms with E-state index in [4.69, 9.17) is 5.84 Å². The summed E-state index contributed by atoms with van der Waals surface area (Å²) < 4.78 is 0. The van der Waals surface area contributed by atoms with Gasteiger partial charge in [-0.3, -0.25) is 11.3 Å². The quantitative estimate of drug-likeness (QED) is 0.607. The lowest BCUT2D eigenvalue weighted by Crippen LogP contribution is -2.45. The molecule has 2 heteroatoms. The van der Waals surface area contributed by atoms with Crippen LogP contribution in [0.2, 0.25) is 0 Å². The van der Waals surface area contributed by atoms with Gasteiger partial charge < -0.3 is 0 Å². The van der Waals surface area contributed by atoms with Gasteiger partial charge in [0.05, 0.1) is 0 Å². The average molecular weight is 220 g/mol. The normalized spacial score (nSPS) is 13.9. The molecule has 0 bridgehead atoms. The Hall–Kier alpha value is -0.860. The van der Waals surface area contributed by atoms with Crippen molar-refractivity contribution in [2.75, 3.05) is 0 Å². The van der Waals surface area contributed by atoms with Gasteiger partial charge in [-0.2, -0.15) is 0 Å². The second kappa shape index (κ2) is 4.98. The molecule has 16 heavy (non-hydrogen) atoms. The zero-order valence-corrected chi connectivity index (χ0v) is 11.1. The van der Waals surface area contributed by atoms with Gasteiger partial charge in [0.25, 0.3) is 0 Å². The molecule has 0 aliphatic heterocycles. The molecule has 0 aliphatic rings. The van der Waals surface area contributed by atoms with Crippen LogP contribution in [-0.4, -0.2) is 6.04 Å². The van der Waals surface area contributed by atoms with Crippen LogP contribution in [0.3, 0.4) is 0 Å². The van der Waals surface area contributed by atoms with Crippen LogP contribution < -0.4 is 11.3 Å². The minimum Gasteiger partial charge on any atom is -0.271 e. The second-order valence-corrected chi connectivity index (χ2v) is 5.71. The van der Waals surface area contributed by atoms with Crippen LogP contribution in [-0.2, 0) is 6.42 Å². The minimum atomic E-state index is 0.174. The maximum Gasteiger partial charge on any atom is 0.0299 e. The minimum absolute atomic E-state index is 0.174. The van der Waals surface area contributed by atoms with Gasteiger partial charge in [-0.05, 0) is 42.4 Å². The van der Waals surface area contributed by atoms with Crippen LogP contribution in [0.1, 0.15) is 37.5 Å². The van der Waals surface area contributed by atoms with Gasteiger partial charge in [-0.15, -0.1) is 0 Å². The van der Waals surface area contributed by atoms with E-state index >= 15 is 0 Å². The summed E-state index contributed by atoms with van der Waals surface area (Å²) >= 11 is 0. The fourth-order valence-corrected chi connectivity index (χ4v) is 1.78. The first-order valence-corrected chi connectivity index (χ1v) is 5.87. The zero-order valence-electron chi connectivity index (χ0n) is 11.1. The van der Waals surface area contributed by atoms with E-state index in [9.17, 15) is 0 Å². The van der Waals surface area contributed by atoms with Gasteiger partial charge in [0.2, 0.25) is 0 Å². The van der Waals surface area contributed by atoms with Crippen molar-refractivity contribution in [1.82, 2.24) is 5.43 Å². The molecule has 0 aliphatic carbocycles. The third-order valence-electron chi connectivity index (χ3n) is 3.26. The molecule has 90 valence electrons. The topological polar surface area (TPSA) is 38.0 Å². The predicted octanol–water partition coefficient (Wildman–Crippen LogP) is 2.72. The molecule has 0 saturated carbocycles. The lowest BCUT2D eigenvalue weighted by molar-refractivity contribution is 0.269. The highest BCUT2D eigenvalue weighted by atomic mass is 15.2. The van der Waals surface area contributed by atoms with Gasteiger partial charge in [-0.1, -0.05) is 39.0 Å². The molecular formula is C14H24N2. The Morgan fingerprint density at radius 2 is 1.81 bits per heavy atom. The van der Waals surface area contributed by atoms with Crippen molar-refractivity contribution in [3.8, 4) is 0 Å². The van der Waals surface area contributed by atoms with Gasteiger partial charge >= 0.3 is 0 Å². The summed E-state index contributed by atoms with van der Waals surface area (Å²) in [6.45, 7) is 10.9. The van der Waals surface area contributed by atoms with Crippen molar-refractivity contribution >= 4 is 0 Å². The number of nitrogens with two attached hydrogens (primary N) is 1. The van der Waals surface area contributed by atoms with Crippen molar-refractivity contribution in [3.63, 3.8) is 0 Å². The van der Waals surface area contributed by atoms with Crippen LogP contribution in [0.25, 0.3) is 0 Å². The Morgan fingerprint density at radius 1 is 1.19 bits per heavy atom. The van der Waals surface area contributed by atoms with Crippen LogP contribution in [0.4, 0.5) is 0 Å². The Labute approximate surface area is 99.2 Å². The van der Waals surface area contributed by atoms with Gasteiger partial charge in [0, 0.05) is 6.04 Å². The summed E-state index contributed by atoms with van der Waals surface area (Å²) in [7, 11) is 0. The van der Waals surface area contributed by atoms with Gasteiger partial charge in [0.15, 0.2) is 0 Å². The van der Waals surface area contributed by atoms with E-state index in [0.717, 1.165) is 6.42 Å². The number of benzene rings is 1. The van der Waals surface area contributed by atoms with Crippen molar-refractivity contribution < 1.29 is 0 Å². The number of aryl methyl sites for hydroxylation is 2. The second-order valence-electron chi connectivity index (χ2n) is 5.71. The number of nitrogens with one attached hydrogen (secondary N) is 1. The van der Waals surface area contributed by atoms with Crippen molar-refractivity contribution in [1.29, 1.82) is 0 Å². The van der Waals surface area contributed by atoms with E-state index in [1.807, 2.05) is 0 Å². The van der Waals surface area contributed by atoms with Crippen molar-refractivity contribution in [2.45, 2.75) is 47.1 Å². The van der Waals surface area contributed by atoms with E-state index in [1.165, 1.54) is 16.7 Å². The monoisotopic (exact) mass is 220 g/mol. The van der Waals surface area contributed by atoms with Crippen molar-refractivity contribution in [2.24, 2.45) is 11.3 Å². The molecule has 1 atom stereocenters. The van der Waals surface area contributed by atoms with Crippen LogP contribution >= 0.6 is 0 Å². The molecular weight excluding hydrogens is 196 g/mol. The highest BCUT2D eigenvalue weighted by molar-refractivity contribution is 5.30. The highest BCUT2D eigenvalue weighted by Gasteiger charge is 2.23. The van der Waals surface area contributed by atoms with Crippen LogP contribution in [0.5, 0.6) is 0 Å². The Morgan fingerprint density at radius 3 is 2.25 bits per heavy atom. The lowest BCUT2D eigenvalue weighted by Gasteiger charge is -2.30. The van der Waals surface area contributed by atoms with Gasteiger partial charge in [-0.25, -0.2) is 0 Å². The maximum atomic E-state index is 5.62. The number of hydrogen-bond donors (Lipinski definition) is 2. The zero-order chi connectivity index (χ0) is 12.3. The van der Waals surface area contributed by atoms with Crippen molar-refractivity contribution in [3.05, 3.63) is 34.9 Å². The van der Waals surface area contributed by atoms with Crippen LogP contribution in [0, 0.1) is 19.3 Å². The number of hydrogen-bond acceptors (Lipinski definition) is 2. The first kappa shape index (κ1) is 13.2. The third kappa shape index (κ3) is 3.32. The van der Waals surface area contributed by atoms with E-state index in [2.05, 4.69) is 58.2 Å². The number of rotatable bonds is 3. The Kier molecular flexibility index (Phi) is 4.11. The lowest BCUT2D eigenvalue weighted by atomic mass is 9.83. The molecule has 0 saturated heterocycles. The molecule has 0 amide bonds. The smallest absolute Gasteiger partial charge is 0.0299 e. The van der Waals surface area contributed by atoms with E-state index in [1.54, 1.807) is 0 Å². The summed E-state index contributed by atoms with van der Waals surface area (Å²) in [6.07, 6.45) is 0.973. The molecule has 0 radical (unpaired) electrons. The fourth-order valence-electron chi connectivity index (χ4n) is 1.78. The summed E-state index contributed by atoms with van der Waals surface area (Å²) in [5.41, 5.74) is 7.14. The summed E-state index contributed by atoms with van der Waals surface area (Å²) in [5.74, 6) is 5.62. The fraction of sp³-hybridized carbons (Fsp3) is 0.571. The largest absolute Gasteiger partial charge is 0.271 e. The molecule has 0 spiro atoms. The first-order valence-electron chi connectivity index (χ1n) is 5.87. The van der Waals surface area contributed by atoms with E-state index in [0.29, 0.717) is 6.04 Å². The molecule has 0 fully saturated rings. The first-order chi connectivity index (χ1) is 7.34.